The summed E-state index contributed by atoms with van der Waals surface area (Å²) >= 11 is 0. The molecule has 2 amide bonds. The van der Waals surface area contributed by atoms with Gasteiger partial charge in [0.25, 0.3) is 16.1 Å². The molecule has 1 unspecified atom stereocenters. The van der Waals surface area contributed by atoms with Crippen molar-refractivity contribution in [1.82, 2.24) is 24.2 Å². The van der Waals surface area contributed by atoms with E-state index in [-0.39, 0.29) is 31.9 Å². The van der Waals surface area contributed by atoms with Crippen molar-refractivity contribution in [3.05, 3.63) is 65.7 Å². The fourth-order valence-electron chi connectivity index (χ4n) is 5.05. The van der Waals surface area contributed by atoms with Gasteiger partial charge in [-0.2, -0.15) is 12.7 Å². The van der Waals surface area contributed by atoms with Crippen molar-refractivity contribution < 1.29 is 32.6 Å². The quantitative estimate of drug-likeness (QED) is 0.218. The lowest BCUT2D eigenvalue weighted by Gasteiger charge is -2.47. The predicted octanol–water partition coefficient (Wildman–Crippen LogP) is 2.53. The molecule has 1 fully saturated rings. The second-order valence-electron chi connectivity index (χ2n) is 10.8. The number of carboxylic acid groups (broad SMARTS) is 1. The number of halogens is 1. The van der Waals surface area contributed by atoms with Gasteiger partial charge < -0.3 is 20.4 Å². The number of aliphatic hydroxyl groups excluding tert-OH is 1. The summed E-state index contributed by atoms with van der Waals surface area (Å²) < 4.78 is 40.9. The summed E-state index contributed by atoms with van der Waals surface area (Å²) in [6.07, 6.45) is 4.14. The molecule has 3 rings (SSSR count). The SMILES string of the molecule is CN(C)S(=O)(=O)NCCCC[C@@H](C(O)C(=O)NCc1cccnc1)N(CC1(Cc2ccc(F)cc2)CCC1)C(=O)O. The second-order valence-corrected chi connectivity index (χ2v) is 12.8. The molecule has 226 valence electrons. The first-order valence-corrected chi connectivity index (χ1v) is 15.1. The summed E-state index contributed by atoms with van der Waals surface area (Å²) in [7, 11) is -0.791. The Kier molecular flexibility index (Phi) is 11.6. The summed E-state index contributed by atoms with van der Waals surface area (Å²) in [5.41, 5.74) is 1.21. The van der Waals surface area contributed by atoms with Crippen molar-refractivity contribution in [1.29, 1.82) is 0 Å². The lowest BCUT2D eigenvalue weighted by molar-refractivity contribution is -0.133. The van der Waals surface area contributed by atoms with Crippen LogP contribution in [0.15, 0.2) is 48.8 Å². The largest absolute Gasteiger partial charge is 0.465 e. The Morgan fingerprint density at radius 1 is 1.12 bits per heavy atom. The van der Waals surface area contributed by atoms with Crippen LogP contribution in [-0.2, 0) is 28.0 Å². The molecular formula is C28H40FN5O6S. The van der Waals surface area contributed by atoms with Gasteiger partial charge in [0, 0.05) is 46.1 Å². The van der Waals surface area contributed by atoms with Gasteiger partial charge in [0.2, 0.25) is 0 Å². The highest BCUT2D eigenvalue weighted by atomic mass is 32.2. The minimum absolute atomic E-state index is 0.102. The molecule has 4 N–H and O–H groups in total. The van der Waals surface area contributed by atoms with Crippen LogP contribution in [0.1, 0.15) is 49.7 Å². The summed E-state index contributed by atoms with van der Waals surface area (Å²) in [4.78, 5) is 30.8. The lowest BCUT2D eigenvalue weighted by Crippen LogP contribution is -2.56. The third-order valence-electron chi connectivity index (χ3n) is 7.57. The molecule has 41 heavy (non-hydrogen) atoms. The molecule has 1 saturated carbocycles. The number of carbonyl (C=O) groups is 2. The number of hydrogen-bond donors (Lipinski definition) is 4. The average Bonchev–Trinajstić information content (AvgIpc) is 2.92. The van der Waals surface area contributed by atoms with Crippen LogP contribution in [0.3, 0.4) is 0 Å². The number of carbonyl (C=O) groups excluding carboxylic acids is 1. The molecule has 0 radical (unpaired) electrons. The highest BCUT2D eigenvalue weighted by molar-refractivity contribution is 7.87. The Morgan fingerprint density at radius 2 is 1.83 bits per heavy atom. The van der Waals surface area contributed by atoms with Crippen molar-refractivity contribution in [2.24, 2.45) is 5.41 Å². The van der Waals surface area contributed by atoms with Gasteiger partial charge in [-0.25, -0.2) is 13.9 Å². The maximum atomic E-state index is 13.5. The van der Waals surface area contributed by atoms with Crippen LogP contribution in [0.5, 0.6) is 0 Å². The van der Waals surface area contributed by atoms with Crippen molar-refractivity contribution in [2.75, 3.05) is 27.2 Å². The number of aromatic nitrogens is 1. The van der Waals surface area contributed by atoms with Crippen molar-refractivity contribution in [3.63, 3.8) is 0 Å². The summed E-state index contributed by atoms with van der Waals surface area (Å²) in [5, 5.41) is 24.1. The summed E-state index contributed by atoms with van der Waals surface area (Å²) in [6.45, 7) is 0.340. The topological polar surface area (TPSA) is 152 Å². The van der Waals surface area contributed by atoms with Crippen molar-refractivity contribution >= 4 is 22.2 Å². The molecule has 13 heteroatoms. The Morgan fingerprint density at radius 3 is 2.39 bits per heavy atom. The number of hydrogen-bond acceptors (Lipinski definition) is 6. The number of aliphatic hydroxyl groups is 1. The van der Waals surface area contributed by atoms with Gasteiger partial charge in [-0.3, -0.25) is 9.78 Å². The Balaban J connectivity index is 1.74. The van der Waals surface area contributed by atoms with Gasteiger partial charge in [0.15, 0.2) is 6.10 Å². The molecule has 1 aromatic carbocycles. The van der Waals surface area contributed by atoms with Gasteiger partial charge in [0.05, 0.1) is 6.04 Å². The maximum Gasteiger partial charge on any atom is 0.407 e. The number of nitrogens with one attached hydrogen (secondary N) is 2. The second kappa shape index (κ2) is 14.7. The molecule has 0 aliphatic heterocycles. The zero-order valence-corrected chi connectivity index (χ0v) is 24.3. The van der Waals surface area contributed by atoms with Crippen LogP contribution in [0.2, 0.25) is 0 Å². The fraction of sp³-hybridized carbons (Fsp3) is 0.536. The van der Waals surface area contributed by atoms with Gasteiger partial charge in [-0.05, 0) is 73.3 Å². The van der Waals surface area contributed by atoms with E-state index in [0.29, 0.717) is 19.3 Å². The number of rotatable bonds is 16. The van der Waals surface area contributed by atoms with E-state index in [4.69, 9.17) is 0 Å². The van der Waals surface area contributed by atoms with Gasteiger partial charge in [-0.1, -0.05) is 24.6 Å². The standard InChI is InChI=1S/C28H40FN5O6S/c1-33(2)41(39,40)32-16-4-3-8-24(25(35)26(36)31-19-22-7-5-15-30-18-22)34(27(37)38)20-28(13-6-14-28)17-21-9-11-23(29)12-10-21/h5,7,9-12,15,18,24-25,32,35H,3-4,6,8,13-14,16-17,19-20H2,1-2H3,(H,31,36)(H,37,38)/t24-,25?/m0/s1. The van der Waals surface area contributed by atoms with E-state index >= 15 is 0 Å². The third-order valence-corrected chi connectivity index (χ3v) is 9.10. The van der Waals surface area contributed by atoms with Crippen LogP contribution < -0.4 is 10.0 Å². The van der Waals surface area contributed by atoms with Crippen molar-refractivity contribution in [2.45, 2.75) is 63.6 Å². The first-order chi connectivity index (χ1) is 19.4. The first kappa shape index (κ1) is 32.4. The van der Waals surface area contributed by atoms with E-state index < -0.39 is 39.8 Å². The average molecular weight is 594 g/mol. The number of nitrogens with zero attached hydrogens (tertiary/aromatic N) is 3. The zero-order chi connectivity index (χ0) is 30.0. The van der Waals surface area contributed by atoms with Crippen LogP contribution in [0, 0.1) is 11.2 Å². The van der Waals surface area contributed by atoms with E-state index in [1.54, 1.807) is 36.7 Å². The highest BCUT2D eigenvalue weighted by Gasteiger charge is 2.43. The van der Waals surface area contributed by atoms with E-state index in [1.165, 1.54) is 26.2 Å². The molecule has 1 aliphatic rings. The zero-order valence-electron chi connectivity index (χ0n) is 23.5. The number of benzene rings is 1. The van der Waals surface area contributed by atoms with Crippen LogP contribution in [-0.4, -0.2) is 84.2 Å². The van der Waals surface area contributed by atoms with E-state index in [9.17, 15) is 32.6 Å². The third kappa shape index (κ3) is 9.45. The predicted molar refractivity (Wildman–Crippen MR) is 151 cm³/mol. The monoisotopic (exact) mass is 593 g/mol. The fourth-order valence-corrected chi connectivity index (χ4v) is 5.72. The Bertz CT molecular complexity index is 1240. The Labute approximate surface area is 240 Å². The molecule has 1 aromatic heterocycles. The molecular weight excluding hydrogens is 553 g/mol. The van der Waals surface area contributed by atoms with E-state index in [0.717, 1.165) is 39.6 Å². The minimum atomic E-state index is -3.61. The summed E-state index contributed by atoms with van der Waals surface area (Å²) in [6, 6.07) is 8.56. The van der Waals surface area contributed by atoms with Crippen LogP contribution >= 0.6 is 0 Å². The van der Waals surface area contributed by atoms with Gasteiger partial charge in [0.1, 0.15) is 5.82 Å². The summed E-state index contributed by atoms with van der Waals surface area (Å²) in [5.74, 6) is -1.06. The maximum absolute atomic E-state index is 13.5. The molecule has 0 spiro atoms. The highest BCUT2D eigenvalue weighted by Crippen LogP contribution is 2.45. The lowest BCUT2D eigenvalue weighted by atomic mass is 9.65. The first-order valence-electron chi connectivity index (χ1n) is 13.7. The molecule has 11 nitrogen and oxygen atoms in total. The van der Waals surface area contributed by atoms with Crippen LogP contribution in [0.25, 0.3) is 0 Å². The van der Waals surface area contributed by atoms with Crippen molar-refractivity contribution in [3.8, 4) is 0 Å². The number of amides is 2. The van der Waals surface area contributed by atoms with Gasteiger partial charge >= 0.3 is 6.09 Å². The molecule has 1 aliphatic carbocycles. The smallest absolute Gasteiger partial charge is 0.407 e. The molecule has 2 atom stereocenters. The molecule has 0 bridgehead atoms. The normalized spacial score (nSPS) is 16.0. The van der Waals surface area contributed by atoms with E-state index in [2.05, 4.69) is 15.0 Å². The minimum Gasteiger partial charge on any atom is -0.465 e. The molecule has 0 saturated heterocycles. The van der Waals surface area contributed by atoms with E-state index in [1.807, 2.05) is 0 Å². The Hall–Kier alpha value is -3.13. The number of unbranched alkanes of at least 4 members (excludes halogenated alkanes) is 1. The number of pyridine rings is 1. The van der Waals surface area contributed by atoms with Gasteiger partial charge in [-0.15, -0.1) is 0 Å². The van der Waals surface area contributed by atoms with Crippen LogP contribution in [0.4, 0.5) is 9.18 Å². The molecule has 1 heterocycles. The molecule has 2 aromatic rings.